The SMILES string of the molecule is O=S(=O)(NCC1=NN(c2ccc(Cl)cc2Cl)C(c2ccc(Cl)cc2)C1)c1cc2ccccc2s1. The lowest BCUT2D eigenvalue weighted by Crippen LogP contribution is -2.28. The van der Waals surface area contributed by atoms with E-state index in [1.165, 1.54) is 11.3 Å². The van der Waals surface area contributed by atoms with Crippen LogP contribution in [0.25, 0.3) is 10.1 Å². The number of benzene rings is 3. The van der Waals surface area contributed by atoms with Crippen molar-refractivity contribution < 1.29 is 8.42 Å². The third-order valence-electron chi connectivity index (χ3n) is 5.52. The van der Waals surface area contributed by atoms with Crippen molar-refractivity contribution in [1.82, 2.24) is 4.72 Å². The molecular formula is C24H18Cl3N3O2S2. The second-order valence-corrected chi connectivity index (χ2v) is 12.2. The van der Waals surface area contributed by atoms with E-state index in [0.717, 1.165) is 15.6 Å². The Morgan fingerprint density at radius 3 is 2.44 bits per heavy atom. The largest absolute Gasteiger partial charge is 0.256 e. The lowest BCUT2D eigenvalue weighted by atomic mass is 10.0. The predicted molar refractivity (Wildman–Crippen MR) is 142 cm³/mol. The van der Waals surface area contributed by atoms with Crippen LogP contribution in [-0.2, 0) is 10.0 Å². The Bertz CT molecular complexity index is 1470. The zero-order chi connectivity index (χ0) is 23.9. The highest BCUT2D eigenvalue weighted by Gasteiger charge is 2.31. The molecule has 0 saturated heterocycles. The summed E-state index contributed by atoms with van der Waals surface area (Å²) in [5.41, 5.74) is 2.37. The summed E-state index contributed by atoms with van der Waals surface area (Å²) in [6.07, 6.45) is 0.523. The quantitative estimate of drug-likeness (QED) is 0.277. The smallest absolute Gasteiger partial charge is 0.250 e. The normalized spacial score (nSPS) is 16.3. The maximum Gasteiger partial charge on any atom is 0.250 e. The predicted octanol–water partition coefficient (Wildman–Crippen LogP) is 7.15. The van der Waals surface area contributed by atoms with Crippen LogP contribution >= 0.6 is 46.1 Å². The molecule has 0 aliphatic carbocycles. The molecule has 1 N–H and O–H groups in total. The van der Waals surface area contributed by atoms with Crippen molar-refractivity contribution in [3.8, 4) is 0 Å². The minimum atomic E-state index is -3.69. The fraction of sp³-hybridized carbons (Fsp3) is 0.125. The van der Waals surface area contributed by atoms with Crippen LogP contribution in [0.15, 0.2) is 82.1 Å². The summed E-state index contributed by atoms with van der Waals surface area (Å²) in [4.78, 5) is 0. The Labute approximate surface area is 216 Å². The van der Waals surface area contributed by atoms with Crippen LogP contribution in [0.2, 0.25) is 15.1 Å². The van der Waals surface area contributed by atoms with E-state index >= 15 is 0 Å². The molecule has 1 unspecified atom stereocenters. The van der Waals surface area contributed by atoms with Gasteiger partial charge in [-0.05, 0) is 53.4 Å². The molecule has 3 aromatic carbocycles. The van der Waals surface area contributed by atoms with E-state index in [1.54, 1.807) is 24.3 Å². The molecule has 2 heterocycles. The lowest BCUT2D eigenvalue weighted by Gasteiger charge is -2.25. The summed E-state index contributed by atoms with van der Waals surface area (Å²) in [5.74, 6) is 0. The Kier molecular flexibility index (Phi) is 6.59. The molecule has 174 valence electrons. The molecule has 10 heteroatoms. The molecule has 1 aliphatic heterocycles. The lowest BCUT2D eigenvalue weighted by molar-refractivity contribution is 0.588. The third kappa shape index (κ3) is 4.82. The molecule has 34 heavy (non-hydrogen) atoms. The van der Waals surface area contributed by atoms with E-state index in [-0.39, 0.29) is 16.8 Å². The molecule has 5 nitrogen and oxygen atoms in total. The molecule has 0 bridgehead atoms. The standard InChI is InChI=1S/C24H18Cl3N3O2S2/c25-17-7-5-15(6-8-17)22-13-19(29-30(22)21-10-9-18(26)12-20(21)27)14-28-34(31,32)24-11-16-3-1-2-4-23(16)33-24/h1-12,22,28H,13-14H2. The van der Waals surface area contributed by atoms with Crippen LogP contribution in [-0.4, -0.2) is 20.7 Å². The second kappa shape index (κ2) is 9.49. The molecular weight excluding hydrogens is 533 g/mol. The summed E-state index contributed by atoms with van der Waals surface area (Å²) in [6.45, 7) is 0.0857. The number of hydrogen-bond donors (Lipinski definition) is 1. The first-order chi connectivity index (χ1) is 16.3. The molecule has 4 aromatic rings. The van der Waals surface area contributed by atoms with Gasteiger partial charge in [-0.2, -0.15) is 5.10 Å². The van der Waals surface area contributed by atoms with Gasteiger partial charge in [0.25, 0.3) is 0 Å². The van der Waals surface area contributed by atoms with Crippen LogP contribution in [0, 0.1) is 0 Å². The first-order valence-corrected chi connectivity index (χ1v) is 13.8. The zero-order valence-electron chi connectivity index (χ0n) is 17.6. The van der Waals surface area contributed by atoms with Crippen molar-refractivity contribution in [2.45, 2.75) is 16.7 Å². The van der Waals surface area contributed by atoms with Crippen molar-refractivity contribution in [3.05, 3.63) is 93.4 Å². The van der Waals surface area contributed by atoms with Gasteiger partial charge in [0.1, 0.15) is 4.21 Å². The second-order valence-electron chi connectivity index (χ2n) is 7.81. The van der Waals surface area contributed by atoms with E-state index in [4.69, 9.17) is 39.9 Å². The Balaban J connectivity index is 1.42. The number of hydrazone groups is 1. The molecule has 0 radical (unpaired) electrons. The van der Waals surface area contributed by atoms with Gasteiger partial charge in [0.05, 0.1) is 29.0 Å². The molecule has 0 spiro atoms. The first-order valence-electron chi connectivity index (χ1n) is 10.3. The number of nitrogens with one attached hydrogen (secondary N) is 1. The molecule has 1 aromatic heterocycles. The first kappa shape index (κ1) is 23.6. The fourth-order valence-electron chi connectivity index (χ4n) is 3.85. The topological polar surface area (TPSA) is 61.8 Å². The van der Waals surface area contributed by atoms with Crippen LogP contribution in [0.3, 0.4) is 0 Å². The molecule has 1 atom stereocenters. The van der Waals surface area contributed by atoms with E-state index in [0.29, 0.717) is 32.9 Å². The van der Waals surface area contributed by atoms with Gasteiger partial charge in [-0.15, -0.1) is 11.3 Å². The number of hydrogen-bond acceptors (Lipinski definition) is 5. The molecule has 0 amide bonds. The minimum absolute atomic E-state index is 0.0857. The number of anilines is 1. The molecule has 0 saturated carbocycles. The number of thiophene rings is 1. The van der Waals surface area contributed by atoms with Crippen LogP contribution in [0.5, 0.6) is 0 Å². The van der Waals surface area contributed by atoms with Crippen molar-refractivity contribution >= 4 is 77.6 Å². The van der Waals surface area contributed by atoms with Crippen LogP contribution in [0.4, 0.5) is 5.69 Å². The van der Waals surface area contributed by atoms with E-state index in [1.807, 2.05) is 53.5 Å². The monoisotopic (exact) mass is 549 g/mol. The van der Waals surface area contributed by atoms with Crippen molar-refractivity contribution in [2.75, 3.05) is 11.6 Å². The highest BCUT2D eigenvalue weighted by atomic mass is 35.5. The zero-order valence-corrected chi connectivity index (χ0v) is 21.5. The Hall–Kier alpha value is -2.13. The number of sulfonamides is 1. The summed E-state index contributed by atoms with van der Waals surface area (Å²) in [5, 5.41) is 9.06. The van der Waals surface area contributed by atoms with Crippen molar-refractivity contribution in [1.29, 1.82) is 0 Å². The van der Waals surface area contributed by atoms with Gasteiger partial charge < -0.3 is 0 Å². The number of fused-ring (bicyclic) bond motifs is 1. The number of halogens is 3. The van der Waals surface area contributed by atoms with Gasteiger partial charge in [-0.25, -0.2) is 13.1 Å². The van der Waals surface area contributed by atoms with Gasteiger partial charge in [0.15, 0.2) is 0 Å². The number of rotatable bonds is 6. The maximum atomic E-state index is 13.0. The van der Waals surface area contributed by atoms with Crippen molar-refractivity contribution in [2.24, 2.45) is 5.10 Å². The van der Waals surface area contributed by atoms with Crippen molar-refractivity contribution in [3.63, 3.8) is 0 Å². The molecule has 1 aliphatic rings. The Morgan fingerprint density at radius 2 is 1.71 bits per heavy atom. The minimum Gasteiger partial charge on any atom is -0.256 e. The average Bonchev–Trinajstić information content (AvgIpc) is 3.43. The number of nitrogens with zero attached hydrogens (tertiary/aromatic N) is 2. The third-order valence-corrected chi connectivity index (χ3v) is 9.30. The summed E-state index contributed by atoms with van der Waals surface area (Å²) in [6, 6.07) is 21.8. The Morgan fingerprint density at radius 1 is 0.971 bits per heavy atom. The van der Waals surface area contributed by atoms with Crippen LogP contribution < -0.4 is 9.73 Å². The highest BCUT2D eigenvalue weighted by molar-refractivity contribution is 7.91. The maximum absolute atomic E-state index is 13.0. The summed E-state index contributed by atoms with van der Waals surface area (Å²) >= 11 is 19.9. The van der Waals surface area contributed by atoms with Gasteiger partial charge in [-0.1, -0.05) is 65.1 Å². The fourth-order valence-corrected chi connectivity index (χ4v) is 6.93. The average molecular weight is 551 g/mol. The highest BCUT2D eigenvalue weighted by Crippen LogP contribution is 2.40. The van der Waals surface area contributed by atoms with E-state index in [9.17, 15) is 8.42 Å². The van der Waals surface area contributed by atoms with Gasteiger partial charge in [-0.3, -0.25) is 5.01 Å². The summed E-state index contributed by atoms with van der Waals surface area (Å²) < 4.78 is 29.8. The van der Waals surface area contributed by atoms with Crippen LogP contribution in [0.1, 0.15) is 18.0 Å². The van der Waals surface area contributed by atoms with E-state index in [2.05, 4.69) is 4.72 Å². The van der Waals surface area contributed by atoms with Gasteiger partial charge >= 0.3 is 0 Å². The molecule has 5 rings (SSSR count). The van der Waals surface area contributed by atoms with Gasteiger partial charge in [0.2, 0.25) is 10.0 Å². The molecule has 0 fully saturated rings. The van der Waals surface area contributed by atoms with Gasteiger partial charge in [0, 0.05) is 21.2 Å². The van der Waals surface area contributed by atoms with E-state index < -0.39 is 10.0 Å². The summed E-state index contributed by atoms with van der Waals surface area (Å²) in [7, 11) is -3.69.